The second kappa shape index (κ2) is 4.67. The number of hydrogen-bond acceptors (Lipinski definition) is 3. The smallest absolute Gasteiger partial charge is 0.326 e. The van der Waals surface area contributed by atoms with Gasteiger partial charge >= 0.3 is 5.97 Å². The molecular formula is C8H16ClNO2. The van der Waals surface area contributed by atoms with Crippen molar-refractivity contribution >= 4 is 18.4 Å². The van der Waals surface area contributed by atoms with E-state index in [4.69, 9.17) is 4.74 Å². The molecule has 0 saturated carbocycles. The molecule has 0 aliphatic carbocycles. The fourth-order valence-electron chi connectivity index (χ4n) is 1.36. The molecule has 0 bridgehead atoms. The van der Waals surface area contributed by atoms with Gasteiger partial charge in [-0.2, -0.15) is 0 Å². The van der Waals surface area contributed by atoms with E-state index in [-0.39, 0.29) is 18.4 Å². The van der Waals surface area contributed by atoms with Crippen molar-refractivity contribution in [3.05, 3.63) is 0 Å². The number of carbonyl (C=O) groups excluding carboxylic acids is 1. The Bertz CT molecular complexity index is 155. The minimum Gasteiger partial charge on any atom is -0.465 e. The first kappa shape index (κ1) is 11.7. The van der Waals surface area contributed by atoms with Crippen molar-refractivity contribution in [1.82, 2.24) is 5.32 Å². The molecule has 1 atom stereocenters. The van der Waals surface area contributed by atoms with Gasteiger partial charge in [-0.25, -0.2) is 0 Å². The summed E-state index contributed by atoms with van der Waals surface area (Å²) in [6, 6.07) is 0. The SMILES string of the molecule is CCOC(=O)[C@@]1(C)CCCN1.Cl. The van der Waals surface area contributed by atoms with Crippen LogP contribution >= 0.6 is 12.4 Å². The Hall–Kier alpha value is -0.280. The molecule has 0 unspecified atom stereocenters. The quantitative estimate of drug-likeness (QED) is 0.668. The number of ether oxygens (including phenoxy) is 1. The zero-order chi connectivity index (χ0) is 8.32. The van der Waals surface area contributed by atoms with Gasteiger partial charge in [0.1, 0.15) is 5.54 Å². The van der Waals surface area contributed by atoms with Crippen LogP contribution in [0.3, 0.4) is 0 Å². The molecule has 12 heavy (non-hydrogen) atoms. The minimum atomic E-state index is -0.407. The van der Waals surface area contributed by atoms with Crippen molar-refractivity contribution < 1.29 is 9.53 Å². The van der Waals surface area contributed by atoms with Crippen LogP contribution in [0.15, 0.2) is 0 Å². The van der Waals surface area contributed by atoms with Crippen molar-refractivity contribution in [3.63, 3.8) is 0 Å². The van der Waals surface area contributed by atoms with Crippen molar-refractivity contribution in [2.75, 3.05) is 13.2 Å². The Morgan fingerprint density at radius 1 is 1.67 bits per heavy atom. The summed E-state index contributed by atoms with van der Waals surface area (Å²) in [4.78, 5) is 11.3. The van der Waals surface area contributed by atoms with E-state index in [0.29, 0.717) is 6.61 Å². The van der Waals surface area contributed by atoms with Crippen LogP contribution in [0.5, 0.6) is 0 Å². The molecule has 0 amide bonds. The van der Waals surface area contributed by atoms with E-state index < -0.39 is 5.54 Å². The highest BCUT2D eigenvalue weighted by Gasteiger charge is 2.36. The Morgan fingerprint density at radius 2 is 2.33 bits per heavy atom. The van der Waals surface area contributed by atoms with Crippen molar-refractivity contribution in [2.45, 2.75) is 32.2 Å². The molecule has 1 rings (SSSR count). The number of hydrogen-bond donors (Lipinski definition) is 1. The molecule has 1 aliphatic rings. The van der Waals surface area contributed by atoms with Gasteiger partial charge in [0.2, 0.25) is 0 Å². The molecule has 1 saturated heterocycles. The molecule has 1 fully saturated rings. The van der Waals surface area contributed by atoms with Gasteiger partial charge < -0.3 is 10.1 Å². The predicted molar refractivity (Wildman–Crippen MR) is 49.5 cm³/mol. The number of halogens is 1. The van der Waals surface area contributed by atoms with Gasteiger partial charge in [-0.1, -0.05) is 0 Å². The monoisotopic (exact) mass is 193 g/mol. The lowest BCUT2D eigenvalue weighted by atomic mass is 10.0. The summed E-state index contributed by atoms with van der Waals surface area (Å²) in [5, 5.41) is 3.14. The first-order valence-corrected chi connectivity index (χ1v) is 4.11. The summed E-state index contributed by atoms with van der Waals surface area (Å²) < 4.78 is 4.93. The highest BCUT2D eigenvalue weighted by molar-refractivity contribution is 5.85. The maximum atomic E-state index is 11.3. The number of esters is 1. The molecule has 0 spiro atoms. The maximum Gasteiger partial charge on any atom is 0.326 e. The lowest BCUT2D eigenvalue weighted by Crippen LogP contribution is -2.45. The average molecular weight is 194 g/mol. The second-order valence-corrected chi connectivity index (χ2v) is 3.08. The highest BCUT2D eigenvalue weighted by atomic mass is 35.5. The summed E-state index contributed by atoms with van der Waals surface area (Å²) in [5.74, 6) is -0.113. The number of nitrogens with one attached hydrogen (secondary N) is 1. The van der Waals surface area contributed by atoms with E-state index in [1.54, 1.807) is 0 Å². The fourth-order valence-corrected chi connectivity index (χ4v) is 1.36. The highest BCUT2D eigenvalue weighted by Crippen LogP contribution is 2.19. The Kier molecular flexibility index (Phi) is 4.57. The topological polar surface area (TPSA) is 38.3 Å². The van der Waals surface area contributed by atoms with Crippen LogP contribution in [-0.2, 0) is 9.53 Å². The normalized spacial score (nSPS) is 27.8. The molecule has 1 aliphatic heterocycles. The van der Waals surface area contributed by atoms with Crippen LogP contribution in [-0.4, -0.2) is 24.7 Å². The van der Waals surface area contributed by atoms with Gasteiger partial charge in [-0.15, -0.1) is 12.4 Å². The van der Waals surface area contributed by atoms with Crippen molar-refractivity contribution in [1.29, 1.82) is 0 Å². The van der Waals surface area contributed by atoms with E-state index in [1.165, 1.54) is 0 Å². The number of rotatable bonds is 2. The van der Waals surface area contributed by atoms with Crippen molar-refractivity contribution in [2.24, 2.45) is 0 Å². The van der Waals surface area contributed by atoms with Crippen LogP contribution in [0.4, 0.5) is 0 Å². The Balaban J connectivity index is 0.00000121. The molecule has 72 valence electrons. The van der Waals surface area contributed by atoms with Gasteiger partial charge in [0.15, 0.2) is 0 Å². The summed E-state index contributed by atoms with van der Waals surface area (Å²) >= 11 is 0. The third-order valence-corrected chi connectivity index (χ3v) is 2.09. The summed E-state index contributed by atoms with van der Waals surface area (Å²) in [6.45, 7) is 5.12. The summed E-state index contributed by atoms with van der Waals surface area (Å²) in [7, 11) is 0. The summed E-state index contributed by atoms with van der Waals surface area (Å²) in [5.41, 5.74) is -0.407. The first-order valence-electron chi connectivity index (χ1n) is 4.11. The largest absolute Gasteiger partial charge is 0.465 e. The first-order chi connectivity index (χ1) is 5.19. The molecule has 3 nitrogen and oxygen atoms in total. The van der Waals surface area contributed by atoms with Crippen LogP contribution in [0, 0.1) is 0 Å². The van der Waals surface area contributed by atoms with E-state index in [2.05, 4.69) is 5.32 Å². The van der Waals surface area contributed by atoms with Crippen LogP contribution in [0.2, 0.25) is 0 Å². The third-order valence-electron chi connectivity index (χ3n) is 2.09. The lowest BCUT2D eigenvalue weighted by molar-refractivity contribution is -0.149. The van der Waals surface area contributed by atoms with Crippen molar-refractivity contribution in [3.8, 4) is 0 Å². The molecule has 1 N–H and O–H groups in total. The molecule has 4 heteroatoms. The molecule has 1 heterocycles. The molecular weight excluding hydrogens is 178 g/mol. The van der Waals surface area contributed by atoms with Gasteiger partial charge in [0.05, 0.1) is 6.61 Å². The van der Waals surface area contributed by atoms with Crippen LogP contribution in [0.25, 0.3) is 0 Å². The van der Waals surface area contributed by atoms with E-state index >= 15 is 0 Å². The van der Waals surface area contributed by atoms with E-state index in [1.807, 2.05) is 13.8 Å². The third kappa shape index (κ3) is 2.35. The molecule has 0 aromatic heterocycles. The van der Waals surface area contributed by atoms with Crippen LogP contribution < -0.4 is 5.32 Å². The number of carbonyl (C=O) groups is 1. The summed E-state index contributed by atoms with van der Waals surface area (Å²) in [6.07, 6.45) is 1.96. The van der Waals surface area contributed by atoms with Gasteiger partial charge in [0, 0.05) is 0 Å². The molecule has 0 aromatic rings. The minimum absolute atomic E-state index is 0. The van der Waals surface area contributed by atoms with Gasteiger partial charge in [-0.05, 0) is 33.2 Å². The zero-order valence-electron chi connectivity index (χ0n) is 7.55. The van der Waals surface area contributed by atoms with Crippen LogP contribution in [0.1, 0.15) is 26.7 Å². The average Bonchev–Trinajstić information content (AvgIpc) is 2.38. The lowest BCUT2D eigenvalue weighted by Gasteiger charge is -2.21. The van der Waals surface area contributed by atoms with E-state index in [9.17, 15) is 4.79 Å². The fraction of sp³-hybridized carbons (Fsp3) is 0.875. The Labute approximate surface area is 79.3 Å². The predicted octanol–water partition coefficient (Wildman–Crippen LogP) is 1.11. The Morgan fingerprint density at radius 3 is 2.75 bits per heavy atom. The zero-order valence-corrected chi connectivity index (χ0v) is 8.37. The van der Waals surface area contributed by atoms with E-state index in [0.717, 1.165) is 19.4 Å². The molecule has 0 aromatic carbocycles. The maximum absolute atomic E-state index is 11.3. The molecule has 0 radical (unpaired) electrons. The van der Waals surface area contributed by atoms with Gasteiger partial charge in [0.25, 0.3) is 0 Å². The second-order valence-electron chi connectivity index (χ2n) is 3.08. The van der Waals surface area contributed by atoms with Gasteiger partial charge in [-0.3, -0.25) is 4.79 Å². The standard InChI is InChI=1S/C8H15NO2.ClH/c1-3-11-7(10)8(2)5-4-6-9-8;/h9H,3-6H2,1-2H3;1H/t8-;/m1./s1.